The summed E-state index contributed by atoms with van der Waals surface area (Å²) in [5.74, 6) is -0.481. The minimum Gasteiger partial charge on any atom is -0.326 e. The molecule has 0 fully saturated rings. The monoisotopic (exact) mass is 288 g/mol. The molecular formula is C13H21FN2O2S. The minimum atomic E-state index is -3.60. The van der Waals surface area contributed by atoms with Crippen LogP contribution in [0, 0.1) is 5.82 Å². The Balaban J connectivity index is 3.13. The number of rotatable bonds is 6. The molecule has 6 heteroatoms. The van der Waals surface area contributed by atoms with Gasteiger partial charge in [-0.15, -0.1) is 0 Å². The number of benzene rings is 1. The third kappa shape index (κ3) is 3.52. The molecule has 1 rings (SSSR count). The zero-order valence-corrected chi connectivity index (χ0v) is 12.4. The van der Waals surface area contributed by atoms with Gasteiger partial charge >= 0.3 is 0 Å². The van der Waals surface area contributed by atoms with Gasteiger partial charge in [0, 0.05) is 25.2 Å². The maximum atomic E-state index is 13.4. The first-order chi connectivity index (χ1) is 8.84. The molecule has 0 spiro atoms. The lowest BCUT2D eigenvalue weighted by molar-refractivity contribution is 0.368. The summed E-state index contributed by atoms with van der Waals surface area (Å²) in [5.41, 5.74) is 5.60. The predicted molar refractivity (Wildman–Crippen MR) is 73.6 cm³/mol. The molecule has 19 heavy (non-hydrogen) atoms. The van der Waals surface area contributed by atoms with Gasteiger partial charge in [0.2, 0.25) is 10.0 Å². The zero-order valence-electron chi connectivity index (χ0n) is 11.6. The Morgan fingerprint density at radius 2 is 2.05 bits per heavy atom. The molecule has 1 atom stereocenters. The Morgan fingerprint density at radius 3 is 2.58 bits per heavy atom. The molecule has 0 saturated heterocycles. The second-order valence-electron chi connectivity index (χ2n) is 4.62. The average molecular weight is 288 g/mol. The maximum absolute atomic E-state index is 13.4. The Kier molecular flexibility index (Phi) is 5.46. The van der Waals surface area contributed by atoms with Crippen LogP contribution in [0.1, 0.15) is 32.3 Å². The number of halogens is 1. The lowest BCUT2D eigenvalue weighted by atomic mass is 10.2. The second-order valence-corrected chi connectivity index (χ2v) is 6.61. The molecule has 0 aliphatic rings. The van der Waals surface area contributed by atoms with Crippen LogP contribution in [0.15, 0.2) is 23.1 Å². The van der Waals surface area contributed by atoms with Gasteiger partial charge in [-0.05, 0) is 31.5 Å². The minimum absolute atomic E-state index is 0.0244. The van der Waals surface area contributed by atoms with E-state index in [1.165, 1.54) is 16.4 Å². The second kappa shape index (κ2) is 6.45. The van der Waals surface area contributed by atoms with Gasteiger partial charge in [0.15, 0.2) is 0 Å². The standard InChI is InChI=1S/C13H21FN2O2S/c1-4-5-10(2)16(3)19(17,18)12-6-7-13(14)11(8-12)9-15/h6-8,10H,4-5,9,15H2,1-3H3. The number of nitrogens with zero attached hydrogens (tertiary/aromatic N) is 1. The average Bonchev–Trinajstić information content (AvgIpc) is 2.38. The van der Waals surface area contributed by atoms with E-state index in [-0.39, 0.29) is 23.0 Å². The fourth-order valence-corrected chi connectivity index (χ4v) is 3.31. The summed E-state index contributed by atoms with van der Waals surface area (Å²) >= 11 is 0. The van der Waals surface area contributed by atoms with Gasteiger partial charge in [-0.1, -0.05) is 13.3 Å². The van der Waals surface area contributed by atoms with E-state index >= 15 is 0 Å². The Labute approximate surface area is 114 Å². The van der Waals surface area contributed by atoms with E-state index < -0.39 is 15.8 Å². The van der Waals surface area contributed by atoms with Crippen molar-refractivity contribution in [3.05, 3.63) is 29.6 Å². The van der Waals surface area contributed by atoms with E-state index in [0.29, 0.717) is 0 Å². The lowest BCUT2D eigenvalue weighted by Gasteiger charge is -2.24. The van der Waals surface area contributed by atoms with Gasteiger partial charge in [0.25, 0.3) is 0 Å². The Hall–Kier alpha value is -0.980. The third-order valence-corrected chi connectivity index (χ3v) is 5.21. The van der Waals surface area contributed by atoms with Crippen molar-refractivity contribution in [2.75, 3.05) is 7.05 Å². The van der Waals surface area contributed by atoms with E-state index in [1.807, 2.05) is 13.8 Å². The molecule has 0 aliphatic heterocycles. The van der Waals surface area contributed by atoms with Crippen LogP contribution in [0.25, 0.3) is 0 Å². The Morgan fingerprint density at radius 1 is 1.42 bits per heavy atom. The van der Waals surface area contributed by atoms with Gasteiger partial charge < -0.3 is 5.73 Å². The number of sulfonamides is 1. The highest BCUT2D eigenvalue weighted by Crippen LogP contribution is 2.21. The molecule has 0 amide bonds. The topological polar surface area (TPSA) is 63.4 Å². The summed E-state index contributed by atoms with van der Waals surface area (Å²) in [4.78, 5) is 0.0832. The molecule has 0 radical (unpaired) electrons. The highest BCUT2D eigenvalue weighted by atomic mass is 32.2. The van der Waals surface area contributed by atoms with Gasteiger partial charge in [0.1, 0.15) is 5.82 Å². The molecule has 108 valence electrons. The van der Waals surface area contributed by atoms with E-state index in [9.17, 15) is 12.8 Å². The maximum Gasteiger partial charge on any atom is 0.243 e. The van der Waals surface area contributed by atoms with Crippen molar-refractivity contribution in [1.29, 1.82) is 0 Å². The first-order valence-corrected chi connectivity index (χ1v) is 7.75. The fraction of sp³-hybridized carbons (Fsp3) is 0.538. The normalized spacial score (nSPS) is 13.8. The number of hydrogen-bond acceptors (Lipinski definition) is 3. The predicted octanol–water partition coefficient (Wildman–Crippen LogP) is 2.09. The van der Waals surface area contributed by atoms with Crippen molar-refractivity contribution in [3.63, 3.8) is 0 Å². The fourth-order valence-electron chi connectivity index (χ4n) is 1.87. The van der Waals surface area contributed by atoms with Gasteiger partial charge in [-0.25, -0.2) is 12.8 Å². The zero-order chi connectivity index (χ0) is 14.6. The summed E-state index contributed by atoms with van der Waals surface area (Å²) in [6.45, 7) is 3.83. The molecule has 1 aromatic carbocycles. The first kappa shape index (κ1) is 16.1. The van der Waals surface area contributed by atoms with Crippen molar-refractivity contribution >= 4 is 10.0 Å². The van der Waals surface area contributed by atoms with E-state index in [0.717, 1.165) is 18.9 Å². The van der Waals surface area contributed by atoms with E-state index in [4.69, 9.17) is 5.73 Å². The lowest BCUT2D eigenvalue weighted by Crippen LogP contribution is -2.35. The smallest absolute Gasteiger partial charge is 0.243 e. The molecule has 1 aromatic rings. The van der Waals surface area contributed by atoms with Crippen LogP contribution in [0.3, 0.4) is 0 Å². The Bertz CT molecular complexity index is 531. The summed E-state index contributed by atoms with van der Waals surface area (Å²) < 4.78 is 39.5. The van der Waals surface area contributed by atoms with Crippen LogP contribution in [0.4, 0.5) is 4.39 Å². The van der Waals surface area contributed by atoms with Crippen LogP contribution in [0.2, 0.25) is 0 Å². The molecule has 0 aromatic heterocycles. The van der Waals surface area contributed by atoms with E-state index in [2.05, 4.69) is 0 Å². The highest BCUT2D eigenvalue weighted by molar-refractivity contribution is 7.89. The summed E-state index contributed by atoms with van der Waals surface area (Å²) in [5, 5.41) is 0. The molecule has 4 nitrogen and oxygen atoms in total. The summed E-state index contributed by atoms with van der Waals surface area (Å²) in [6.07, 6.45) is 1.68. The molecule has 0 heterocycles. The first-order valence-electron chi connectivity index (χ1n) is 6.31. The van der Waals surface area contributed by atoms with Crippen molar-refractivity contribution in [1.82, 2.24) is 4.31 Å². The quantitative estimate of drug-likeness (QED) is 0.872. The highest BCUT2D eigenvalue weighted by Gasteiger charge is 2.25. The van der Waals surface area contributed by atoms with Crippen LogP contribution in [-0.4, -0.2) is 25.8 Å². The van der Waals surface area contributed by atoms with Crippen molar-refractivity contribution in [2.24, 2.45) is 5.73 Å². The summed E-state index contributed by atoms with van der Waals surface area (Å²) in [6, 6.07) is 3.63. The SMILES string of the molecule is CCCC(C)N(C)S(=O)(=O)c1ccc(F)c(CN)c1. The van der Waals surface area contributed by atoms with Crippen molar-refractivity contribution in [3.8, 4) is 0 Å². The van der Waals surface area contributed by atoms with Gasteiger partial charge in [0.05, 0.1) is 4.90 Å². The molecule has 0 bridgehead atoms. The number of hydrogen-bond donors (Lipinski definition) is 1. The van der Waals surface area contributed by atoms with Crippen LogP contribution < -0.4 is 5.73 Å². The molecule has 1 unspecified atom stereocenters. The van der Waals surface area contributed by atoms with Crippen molar-refractivity contribution in [2.45, 2.75) is 44.2 Å². The molecular weight excluding hydrogens is 267 g/mol. The van der Waals surface area contributed by atoms with Crippen LogP contribution >= 0.6 is 0 Å². The summed E-state index contributed by atoms with van der Waals surface area (Å²) in [7, 11) is -2.06. The van der Waals surface area contributed by atoms with E-state index in [1.54, 1.807) is 7.05 Å². The molecule has 0 aliphatic carbocycles. The van der Waals surface area contributed by atoms with Gasteiger partial charge in [-0.3, -0.25) is 0 Å². The largest absolute Gasteiger partial charge is 0.326 e. The molecule has 0 saturated carbocycles. The van der Waals surface area contributed by atoms with Crippen LogP contribution in [-0.2, 0) is 16.6 Å². The van der Waals surface area contributed by atoms with Crippen LogP contribution in [0.5, 0.6) is 0 Å². The van der Waals surface area contributed by atoms with Crippen molar-refractivity contribution < 1.29 is 12.8 Å². The molecule has 2 N–H and O–H groups in total. The third-order valence-electron chi connectivity index (χ3n) is 3.24. The number of nitrogens with two attached hydrogens (primary N) is 1. The van der Waals surface area contributed by atoms with Gasteiger partial charge in [-0.2, -0.15) is 4.31 Å².